The Balaban J connectivity index is 1.98. The molecule has 1 aliphatic carbocycles. The number of H-pyrrole nitrogens is 1. The first-order valence-electron chi connectivity index (χ1n) is 7.58. The molecule has 1 aromatic heterocycles. The molecule has 1 heterocycles. The lowest BCUT2D eigenvalue weighted by Gasteiger charge is -2.30. The molecule has 1 aliphatic rings. The summed E-state index contributed by atoms with van der Waals surface area (Å²) in [6, 6.07) is 4.97. The molecule has 0 bridgehead atoms. The van der Waals surface area contributed by atoms with E-state index in [0.29, 0.717) is 10.9 Å². The van der Waals surface area contributed by atoms with Gasteiger partial charge in [-0.05, 0) is 31.0 Å². The van der Waals surface area contributed by atoms with Crippen molar-refractivity contribution in [2.75, 3.05) is 7.05 Å². The smallest absolute Gasteiger partial charge is 0.243 e. The predicted molar refractivity (Wildman–Crippen MR) is 85.5 cm³/mol. The third-order valence-corrected chi connectivity index (χ3v) is 6.48. The van der Waals surface area contributed by atoms with Crippen LogP contribution in [-0.4, -0.2) is 37.1 Å². The quantitative estimate of drug-likeness (QED) is 0.881. The maximum atomic E-state index is 12.8. The lowest BCUT2D eigenvalue weighted by molar-refractivity contribution is 0.112. The molecule has 5 nitrogen and oxygen atoms in total. The van der Waals surface area contributed by atoms with Crippen molar-refractivity contribution >= 4 is 27.2 Å². The number of carbonyl (C=O) groups excluding carboxylic acids is 1. The average Bonchev–Trinajstić information content (AvgIpc) is 2.97. The summed E-state index contributed by atoms with van der Waals surface area (Å²) in [6.45, 7) is 0. The predicted octanol–water partition coefficient (Wildman–Crippen LogP) is 2.93. The second-order valence-corrected chi connectivity index (χ2v) is 7.88. The van der Waals surface area contributed by atoms with Crippen LogP contribution < -0.4 is 0 Å². The highest BCUT2D eigenvalue weighted by atomic mass is 32.2. The number of aromatic nitrogens is 1. The molecule has 0 amide bonds. The normalized spacial score (nSPS) is 17.2. The minimum absolute atomic E-state index is 0.0752. The molecule has 118 valence electrons. The van der Waals surface area contributed by atoms with Crippen LogP contribution in [-0.2, 0) is 10.0 Å². The summed E-state index contributed by atoms with van der Waals surface area (Å²) >= 11 is 0. The van der Waals surface area contributed by atoms with Crippen molar-refractivity contribution in [1.82, 2.24) is 9.29 Å². The minimum atomic E-state index is -3.53. The number of aldehydes is 1. The first kappa shape index (κ1) is 15.2. The van der Waals surface area contributed by atoms with Gasteiger partial charge in [0.05, 0.1) is 4.90 Å². The zero-order valence-electron chi connectivity index (χ0n) is 12.6. The standard InChI is InChI=1S/C16H20N2O3S/c1-18(13-5-3-2-4-6-13)22(20,21)14-7-8-16-15(9-14)12(11-19)10-17-16/h7-11,13,17H,2-6H2,1H3. The van der Waals surface area contributed by atoms with Crippen LogP contribution in [0.3, 0.4) is 0 Å². The van der Waals surface area contributed by atoms with Gasteiger partial charge in [-0.3, -0.25) is 4.79 Å². The Morgan fingerprint density at radius 2 is 1.95 bits per heavy atom. The largest absolute Gasteiger partial charge is 0.360 e. The SMILES string of the molecule is CN(C1CCCCC1)S(=O)(=O)c1ccc2[nH]cc(C=O)c2c1. The van der Waals surface area contributed by atoms with E-state index in [1.807, 2.05) is 0 Å². The molecule has 1 saturated carbocycles. The number of benzene rings is 1. The fraction of sp³-hybridized carbons (Fsp3) is 0.438. The summed E-state index contributed by atoms with van der Waals surface area (Å²) < 4.78 is 27.1. The van der Waals surface area contributed by atoms with E-state index in [1.165, 1.54) is 10.7 Å². The molecule has 3 rings (SSSR count). The highest BCUT2D eigenvalue weighted by molar-refractivity contribution is 7.89. The third kappa shape index (κ3) is 2.57. The molecule has 6 heteroatoms. The van der Waals surface area contributed by atoms with Gasteiger partial charge >= 0.3 is 0 Å². The molecule has 1 aromatic carbocycles. The maximum Gasteiger partial charge on any atom is 0.243 e. The Hall–Kier alpha value is -1.66. The number of aromatic amines is 1. The molecule has 0 unspecified atom stereocenters. The fourth-order valence-electron chi connectivity index (χ4n) is 3.19. The molecule has 1 fully saturated rings. The van der Waals surface area contributed by atoms with Crippen LogP contribution in [0.15, 0.2) is 29.3 Å². The van der Waals surface area contributed by atoms with Crippen LogP contribution in [0.5, 0.6) is 0 Å². The third-order valence-electron chi connectivity index (χ3n) is 4.58. The van der Waals surface area contributed by atoms with E-state index >= 15 is 0 Å². The highest BCUT2D eigenvalue weighted by Crippen LogP contribution is 2.28. The molecule has 0 spiro atoms. The van der Waals surface area contributed by atoms with Crippen molar-refractivity contribution in [3.05, 3.63) is 30.0 Å². The maximum absolute atomic E-state index is 12.8. The van der Waals surface area contributed by atoms with Gasteiger partial charge in [-0.1, -0.05) is 19.3 Å². The number of nitrogens with one attached hydrogen (secondary N) is 1. The van der Waals surface area contributed by atoms with Crippen LogP contribution in [0, 0.1) is 0 Å². The van der Waals surface area contributed by atoms with Gasteiger partial charge in [0.2, 0.25) is 10.0 Å². The van der Waals surface area contributed by atoms with E-state index in [4.69, 9.17) is 0 Å². The van der Waals surface area contributed by atoms with E-state index in [2.05, 4.69) is 4.98 Å². The summed E-state index contributed by atoms with van der Waals surface area (Å²) in [6.07, 6.45) is 7.51. The zero-order valence-corrected chi connectivity index (χ0v) is 13.4. The molecule has 2 aromatic rings. The van der Waals surface area contributed by atoms with Gasteiger partial charge in [-0.15, -0.1) is 0 Å². The highest BCUT2D eigenvalue weighted by Gasteiger charge is 2.29. The van der Waals surface area contributed by atoms with Gasteiger partial charge in [0.15, 0.2) is 6.29 Å². The molecule has 0 radical (unpaired) electrons. The van der Waals surface area contributed by atoms with Crippen molar-refractivity contribution in [3.8, 4) is 0 Å². The lowest BCUT2D eigenvalue weighted by Crippen LogP contribution is -2.38. The zero-order chi connectivity index (χ0) is 15.7. The summed E-state index contributed by atoms with van der Waals surface area (Å²) in [7, 11) is -1.87. The van der Waals surface area contributed by atoms with Crippen molar-refractivity contribution in [3.63, 3.8) is 0 Å². The van der Waals surface area contributed by atoms with Gasteiger partial charge in [0, 0.05) is 35.8 Å². The summed E-state index contributed by atoms with van der Waals surface area (Å²) in [4.78, 5) is 14.3. The van der Waals surface area contributed by atoms with E-state index in [1.54, 1.807) is 31.4 Å². The van der Waals surface area contributed by atoms with Gasteiger partial charge < -0.3 is 4.98 Å². The number of fused-ring (bicyclic) bond motifs is 1. The first-order chi connectivity index (χ1) is 10.5. The Labute approximate surface area is 130 Å². The molecule has 0 saturated heterocycles. The Kier molecular flexibility index (Phi) is 4.06. The molecule has 1 N–H and O–H groups in total. The number of nitrogens with zero attached hydrogens (tertiary/aromatic N) is 1. The Morgan fingerprint density at radius 3 is 2.64 bits per heavy atom. The minimum Gasteiger partial charge on any atom is -0.360 e. The number of sulfonamides is 1. The van der Waals surface area contributed by atoms with Crippen molar-refractivity contribution in [1.29, 1.82) is 0 Å². The van der Waals surface area contributed by atoms with E-state index in [0.717, 1.165) is 37.5 Å². The van der Waals surface area contributed by atoms with Crippen molar-refractivity contribution < 1.29 is 13.2 Å². The molecule has 0 atom stereocenters. The van der Waals surface area contributed by atoms with Crippen molar-refractivity contribution in [2.45, 2.75) is 43.0 Å². The Bertz CT molecular complexity index is 789. The van der Waals surface area contributed by atoms with Crippen LogP contribution >= 0.6 is 0 Å². The van der Waals surface area contributed by atoms with Crippen molar-refractivity contribution in [2.24, 2.45) is 0 Å². The molecular formula is C16H20N2O3S. The number of rotatable bonds is 4. The number of carbonyl (C=O) groups is 1. The monoisotopic (exact) mass is 320 g/mol. The van der Waals surface area contributed by atoms with Crippen LogP contribution in [0.4, 0.5) is 0 Å². The van der Waals surface area contributed by atoms with Gasteiger partial charge in [0.25, 0.3) is 0 Å². The van der Waals surface area contributed by atoms with Crippen LogP contribution in [0.25, 0.3) is 10.9 Å². The summed E-state index contributed by atoms with van der Waals surface area (Å²) in [5.41, 5.74) is 1.24. The second-order valence-electron chi connectivity index (χ2n) is 5.88. The molecular weight excluding hydrogens is 300 g/mol. The topological polar surface area (TPSA) is 70.2 Å². The van der Waals surface area contributed by atoms with Gasteiger partial charge in [-0.2, -0.15) is 4.31 Å². The van der Waals surface area contributed by atoms with Crippen LogP contribution in [0.2, 0.25) is 0 Å². The Morgan fingerprint density at radius 1 is 1.23 bits per heavy atom. The molecule has 0 aliphatic heterocycles. The molecule has 22 heavy (non-hydrogen) atoms. The summed E-state index contributed by atoms with van der Waals surface area (Å²) in [5.74, 6) is 0. The van der Waals surface area contributed by atoms with E-state index in [-0.39, 0.29) is 10.9 Å². The van der Waals surface area contributed by atoms with E-state index in [9.17, 15) is 13.2 Å². The lowest BCUT2D eigenvalue weighted by atomic mass is 9.96. The average molecular weight is 320 g/mol. The van der Waals surface area contributed by atoms with E-state index < -0.39 is 10.0 Å². The van der Waals surface area contributed by atoms with Crippen LogP contribution in [0.1, 0.15) is 42.5 Å². The number of hydrogen-bond acceptors (Lipinski definition) is 3. The first-order valence-corrected chi connectivity index (χ1v) is 9.02. The fourth-order valence-corrected chi connectivity index (χ4v) is 4.63. The van der Waals surface area contributed by atoms with Gasteiger partial charge in [-0.25, -0.2) is 8.42 Å². The second kappa shape index (κ2) is 5.85. The number of hydrogen-bond donors (Lipinski definition) is 1. The van der Waals surface area contributed by atoms with Gasteiger partial charge in [0.1, 0.15) is 0 Å². The summed E-state index contributed by atoms with van der Waals surface area (Å²) in [5, 5.41) is 0.646.